The predicted octanol–water partition coefficient (Wildman–Crippen LogP) is 1.65. The molecule has 0 unspecified atom stereocenters. The van der Waals surface area contributed by atoms with Crippen LogP contribution in [0.2, 0.25) is 0 Å². The molecule has 0 atom stereocenters. The standard InChI is InChI=1S/C10H13IN6/c1-5(2)3-6-8(11)9(12)15-10(14-6)7-4-13-17-16-7/h4-5H,3H2,1-2H3,(H2,12,14,15)(H,13,16,17). The largest absolute Gasteiger partial charge is 0.383 e. The summed E-state index contributed by atoms with van der Waals surface area (Å²) in [7, 11) is 0. The molecular weight excluding hydrogens is 331 g/mol. The van der Waals surface area contributed by atoms with Crippen LogP contribution in [0, 0.1) is 9.49 Å². The Morgan fingerprint density at radius 1 is 1.41 bits per heavy atom. The van der Waals surface area contributed by atoms with Gasteiger partial charge in [0.1, 0.15) is 11.5 Å². The molecule has 2 rings (SSSR count). The molecule has 3 N–H and O–H groups in total. The molecule has 0 aliphatic rings. The molecule has 2 aromatic heterocycles. The zero-order valence-corrected chi connectivity index (χ0v) is 11.8. The highest BCUT2D eigenvalue weighted by molar-refractivity contribution is 14.1. The lowest BCUT2D eigenvalue weighted by atomic mass is 10.1. The average Bonchev–Trinajstić information content (AvgIpc) is 2.77. The summed E-state index contributed by atoms with van der Waals surface area (Å²) in [5.41, 5.74) is 7.46. The van der Waals surface area contributed by atoms with Crippen LogP contribution in [-0.2, 0) is 6.42 Å². The molecule has 0 amide bonds. The van der Waals surface area contributed by atoms with Gasteiger partial charge in [-0.1, -0.05) is 13.8 Å². The van der Waals surface area contributed by atoms with Gasteiger partial charge in [0.25, 0.3) is 0 Å². The molecule has 0 spiro atoms. The maximum absolute atomic E-state index is 5.89. The van der Waals surface area contributed by atoms with E-state index in [1.807, 2.05) is 0 Å². The van der Waals surface area contributed by atoms with E-state index < -0.39 is 0 Å². The van der Waals surface area contributed by atoms with Crippen molar-refractivity contribution in [3.8, 4) is 11.5 Å². The third kappa shape index (κ3) is 2.71. The van der Waals surface area contributed by atoms with Gasteiger partial charge in [0.2, 0.25) is 0 Å². The van der Waals surface area contributed by atoms with Gasteiger partial charge in [-0.05, 0) is 34.9 Å². The van der Waals surface area contributed by atoms with Gasteiger partial charge in [0.05, 0.1) is 15.5 Å². The van der Waals surface area contributed by atoms with Crippen molar-refractivity contribution in [2.75, 3.05) is 5.73 Å². The number of halogens is 1. The third-order valence-electron chi connectivity index (χ3n) is 2.19. The number of nitrogen functional groups attached to an aromatic ring is 1. The Bertz CT molecular complexity index is 508. The molecule has 90 valence electrons. The second-order valence-electron chi connectivity index (χ2n) is 4.15. The first-order valence-electron chi connectivity index (χ1n) is 5.26. The number of nitrogens with one attached hydrogen (secondary N) is 1. The summed E-state index contributed by atoms with van der Waals surface area (Å²) < 4.78 is 0.920. The van der Waals surface area contributed by atoms with E-state index in [-0.39, 0.29) is 0 Å². The number of aromatic nitrogens is 5. The summed E-state index contributed by atoms with van der Waals surface area (Å²) in [6, 6.07) is 0. The summed E-state index contributed by atoms with van der Waals surface area (Å²) in [6.07, 6.45) is 2.45. The number of hydrogen-bond acceptors (Lipinski definition) is 5. The number of aromatic amines is 1. The normalized spacial score (nSPS) is 11.1. The average molecular weight is 344 g/mol. The lowest BCUT2D eigenvalue weighted by Crippen LogP contribution is -2.07. The van der Waals surface area contributed by atoms with Gasteiger partial charge in [0.15, 0.2) is 5.82 Å². The van der Waals surface area contributed by atoms with Crippen molar-refractivity contribution in [3.63, 3.8) is 0 Å². The quantitative estimate of drug-likeness (QED) is 0.826. The minimum atomic E-state index is 0.495. The van der Waals surface area contributed by atoms with Crippen molar-refractivity contribution in [1.82, 2.24) is 25.4 Å². The highest BCUT2D eigenvalue weighted by Gasteiger charge is 2.13. The minimum absolute atomic E-state index is 0.495. The van der Waals surface area contributed by atoms with Gasteiger partial charge in [0, 0.05) is 0 Å². The minimum Gasteiger partial charge on any atom is -0.383 e. The van der Waals surface area contributed by atoms with Crippen molar-refractivity contribution in [1.29, 1.82) is 0 Å². The summed E-state index contributed by atoms with van der Waals surface area (Å²) >= 11 is 2.18. The maximum atomic E-state index is 5.89. The third-order valence-corrected chi connectivity index (χ3v) is 3.37. The second-order valence-corrected chi connectivity index (χ2v) is 5.23. The molecule has 0 aliphatic heterocycles. The molecule has 6 nitrogen and oxygen atoms in total. The summed E-state index contributed by atoms with van der Waals surface area (Å²) in [5.74, 6) is 1.53. The van der Waals surface area contributed by atoms with Crippen LogP contribution in [0.3, 0.4) is 0 Å². The van der Waals surface area contributed by atoms with Gasteiger partial charge in [-0.2, -0.15) is 15.4 Å². The van der Waals surface area contributed by atoms with E-state index in [4.69, 9.17) is 5.73 Å². The molecule has 2 heterocycles. The predicted molar refractivity (Wildman–Crippen MR) is 73.1 cm³/mol. The second kappa shape index (κ2) is 4.94. The first kappa shape index (κ1) is 12.2. The van der Waals surface area contributed by atoms with Crippen molar-refractivity contribution in [3.05, 3.63) is 15.5 Å². The Labute approximate surface area is 113 Å². The number of anilines is 1. The Hall–Kier alpha value is -1.25. The lowest BCUT2D eigenvalue weighted by Gasteiger charge is -2.09. The van der Waals surface area contributed by atoms with E-state index in [1.165, 1.54) is 0 Å². The topological polar surface area (TPSA) is 93.4 Å². The molecule has 7 heteroatoms. The van der Waals surface area contributed by atoms with Crippen LogP contribution in [-0.4, -0.2) is 25.4 Å². The zero-order valence-electron chi connectivity index (χ0n) is 9.61. The lowest BCUT2D eigenvalue weighted by molar-refractivity contribution is 0.632. The Balaban J connectivity index is 2.46. The molecule has 2 aromatic rings. The Morgan fingerprint density at radius 2 is 2.18 bits per heavy atom. The fraction of sp³-hybridized carbons (Fsp3) is 0.400. The SMILES string of the molecule is CC(C)Cc1nc(-c2cn[nH]n2)nc(N)c1I. The fourth-order valence-electron chi connectivity index (χ4n) is 1.46. The maximum Gasteiger partial charge on any atom is 0.184 e. The van der Waals surface area contributed by atoms with Crippen LogP contribution in [0.1, 0.15) is 19.5 Å². The molecule has 0 aliphatic carbocycles. The van der Waals surface area contributed by atoms with E-state index in [2.05, 4.69) is 61.8 Å². The number of H-pyrrole nitrogens is 1. The van der Waals surface area contributed by atoms with Gasteiger partial charge in [-0.3, -0.25) is 0 Å². The molecule has 0 bridgehead atoms. The molecule has 0 radical (unpaired) electrons. The summed E-state index contributed by atoms with van der Waals surface area (Å²) in [5, 5.41) is 10.2. The molecule has 0 aromatic carbocycles. The highest BCUT2D eigenvalue weighted by Crippen LogP contribution is 2.22. The van der Waals surface area contributed by atoms with Crippen LogP contribution in [0.4, 0.5) is 5.82 Å². The first-order chi connectivity index (χ1) is 8.08. The first-order valence-corrected chi connectivity index (χ1v) is 6.34. The van der Waals surface area contributed by atoms with Crippen molar-refractivity contribution >= 4 is 28.4 Å². The summed E-state index contributed by atoms with van der Waals surface area (Å²) in [6.45, 7) is 4.29. The van der Waals surface area contributed by atoms with Gasteiger partial charge >= 0.3 is 0 Å². The number of nitrogens with zero attached hydrogens (tertiary/aromatic N) is 4. The molecule has 0 fully saturated rings. The van der Waals surface area contributed by atoms with Crippen molar-refractivity contribution in [2.45, 2.75) is 20.3 Å². The zero-order chi connectivity index (χ0) is 12.4. The molecular formula is C10H13IN6. The summed E-state index contributed by atoms with van der Waals surface area (Å²) in [4.78, 5) is 8.71. The Morgan fingerprint density at radius 3 is 2.76 bits per heavy atom. The van der Waals surface area contributed by atoms with Crippen LogP contribution in [0.25, 0.3) is 11.5 Å². The van der Waals surface area contributed by atoms with Crippen LogP contribution < -0.4 is 5.73 Å². The molecule has 0 saturated heterocycles. The van der Waals surface area contributed by atoms with E-state index in [0.29, 0.717) is 23.3 Å². The number of rotatable bonds is 3. The monoisotopic (exact) mass is 344 g/mol. The van der Waals surface area contributed by atoms with E-state index in [9.17, 15) is 0 Å². The van der Waals surface area contributed by atoms with Gasteiger partial charge in [-0.15, -0.1) is 0 Å². The molecule has 0 saturated carbocycles. The van der Waals surface area contributed by atoms with E-state index >= 15 is 0 Å². The van der Waals surface area contributed by atoms with Crippen molar-refractivity contribution in [2.24, 2.45) is 5.92 Å². The fourth-order valence-corrected chi connectivity index (χ4v) is 1.92. The van der Waals surface area contributed by atoms with E-state index in [1.54, 1.807) is 6.20 Å². The number of hydrogen-bond donors (Lipinski definition) is 2. The van der Waals surface area contributed by atoms with Gasteiger partial charge < -0.3 is 5.73 Å². The molecule has 17 heavy (non-hydrogen) atoms. The Kier molecular flexibility index (Phi) is 3.55. The van der Waals surface area contributed by atoms with Crippen molar-refractivity contribution < 1.29 is 0 Å². The smallest absolute Gasteiger partial charge is 0.184 e. The van der Waals surface area contributed by atoms with Crippen LogP contribution in [0.15, 0.2) is 6.20 Å². The van der Waals surface area contributed by atoms with Gasteiger partial charge in [-0.25, -0.2) is 9.97 Å². The van der Waals surface area contributed by atoms with E-state index in [0.717, 1.165) is 15.7 Å². The highest BCUT2D eigenvalue weighted by atomic mass is 127. The number of nitrogens with two attached hydrogens (primary N) is 1. The van der Waals surface area contributed by atoms with Crippen LogP contribution >= 0.6 is 22.6 Å². The van der Waals surface area contributed by atoms with Crippen LogP contribution in [0.5, 0.6) is 0 Å².